The second kappa shape index (κ2) is 9.50. The van der Waals surface area contributed by atoms with Crippen LogP contribution in [0.3, 0.4) is 0 Å². The van der Waals surface area contributed by atoms with E-state index >= 15 is 0 Å². The predicted molar refractivity (Wildman–Crippen MR) is 123 cm³/mol. The molecule has 154 valence electrons. The Labute approximate surface area is 197 Å². The van der Waals surface area contributed by atoms with Gasteiger partial charge in [0.15, 0.2) is 0 Å². The highest BCUT2D eigenvalue weighted by atomic mass is 79.9. The molecule has 0 amide bonds. The highest BCUT2D eigenvalue weighted by molar-refractivity contribution is 7.99. The molecule has 1 aliphatic rings. The van der Waals surface area contributed by atoms with E-state index in [0.29, 0.717) is 0 Å². The van der Waals surface area contributed by atoms with Crippen molar-refractivity contribution >= 4 is 17.5 Å². The fraction of sp³-hybridized carbons (Fsp3) is 0.0769. The molecule has 0 aliphatic carbocycles. The number of hydrogen-bond donors (Lipinski definition) is 0. The highest BCUT2D eigenvalue weighted by Crippen LogP contribution is 2.31. The van der Waals surface area contributed by atoms with Crippen molar-refractivity contribution in [1.82, 2.24) is 0 Å². The molecule has 1 aliphatic heterocycles. The van der Waals surface area contributed by atoms with Gasteiger partial charge in [-0.2, -0.15) is 0 Å². The summed E-state index contributed by atoms with van der Waals surface area (Å²) in [4.78, 5) is 0. The molecule has 0 spiro atoms. The van der Waals surface area contributed by atoms with Crippen LogP contribution in [0.1, 0.15) is 5.56 Å². The lowest BCUT2D eigenvalue weighted by atomic mass is 10.0. The molecule has 3 aromatic carbocycles. The summed E-state index contributed by atoms with van der Waals surface area (Å²) in [6.45, 7) is 0. The molecule has 0 saturated heterocycles. The fourth-order valence-corrected chi connectivity index (χ4v) is 4.58. The van der Waals surface area contributed by atoms with Crippen LogP contribution in [-0.4, -0.2) is 18.6 Å². The van der Waals surface area contributed by atoms with Crippen molar-refractivity contribution in [3.05, 3.63) is 103 Å². The van der Waals surface area contributed by atoms with Crippen molar-refractivity contribution in [1.29, 1.82) is 0 Å². The van der Waals surface area contributed by atoms with Gasteiger partial charge in [-0.25, -0.2) is 0 Å². The molecule has 0 atom stereocenters. The molecule has 0 N–H and O–H groups in total. The average molecular weight is 489 g/mol. The monoisotopic (exact) mass is 488 g/mol. The zero-order valence-electron chi connectivity index (χ0n) is 17.0. The summed E-state index contributed by atoms with van der Waals surface area (Å²) in [7, 11) is 1.69. The standard InChI is InChI=1S/C26H21N2OS.BrH/c1-29-23-14-12-20(13-15-23)24-18-30-26-17-22(19-8-4-2-5-9-19)16-25(28(26)27-24)21-10-6-3-7-11-21;/h2-17H,18H2,1H3;1H/q+1;/p-1. The summed E-state index contributed by atoms with van der Waals surface area (Å²) in [6, 6.07) is 33.6. The molecule has 0 fully saturated rings. The summed E-state index contributed by atoms with van der Waals surface area (Å²) < 4.78 is 7.37. The third kappa shape index (κ3) is 4.43. The van der Waals surface area contributed by atoms with Crippen molar-refractivity contribution in [3.63, 3.8) is 0 Å². The number of thioether (sulfide) groups is 1. The molecule has 1 aromatic heterocycles. The van der Waals surface area contributed by atoms with Gasteiger partial charge < -0.3 is 21.7 Å². The van der Waals surface area contributed by atoms with Crippen LogP contribution in [0, 0.1) is 0 Å². The largest absolute Gasteiger partial charge is 1.00 e. The number of methoxy groups -OCH3 is 1. The smallest absolute Gasteiger partial charge is 0.273 e. The number of fused-ring (bicyclic) bond motifs is 1. The van der Waals surface area contributed by atoms with Gasteiger partial charge in [0.05, 0.1) is 12.9 Å². The number of hydrogen-bond acceptors (Lipinski definition) is 3. The van der Waals surface area contributed by atoms with Crippen molar-refractivity contribution < 1.29 is 26.4 Å². The van der Waals surface area contributed by atoms with Gasteiger partial charge in [-0.3, -0.25) is 0 Å². The number of halogens is 1. The fourth-order valence-electron chi connectivity index (χ4n) is 3.60. The van der Waals surface area contributed by atoms with E-state index in [1.807, 2.05) is 30.0 Å². The maximum atomic E-state index is 5.29. The number of nitrogens with zero attached hydrogens (tertiary/aromatic N) is 2. The molecule has 0 bridgehead atoms. The van der Waals surface area contributed by atoms with Crippen LogP contribution in [0.4, 0.5) is 0 Å². The van der Waals surface area contributed by atoms with Crippen LogP contribution in [-0.2, 0) is 0 Å². The number of rotatable bonds is 4. The SMILES string of the molecule is COc1ccc(C2=N[n+]3c(cc(-c4ccccc4)cc3-c3ccccc3)SC2)cc1.[Br-]. The molecule has 0 radical (unpaired) electrons. The van der Waals surface area contributed by atoms with E-state index in [1.165, 1.54) is 11.1 Å². The van der Waals surface area contributed by atoms with Crippen molar-refractivity contribution in [3.8, 4) is 28.1 Å². The summed E-state index contributed by atoms with van der Waals surface area (Å²) in [6.07, 6.45) is 0. The zero-order chi connectivity index (χ0) is 20.3. The second-order valence-corrected chi connectivity index (χ2v) is 8.07. The Morgan fingerprint density at radius 3 is 2.03 bits per heavy atom. The lowest BCUT2D eigenvalue weighted by molar-refractivity contribution is -0.705. The first-order chi connectivity index (χ1) is 14.8. The third-order valence-electron chi connectivity index (χ3n) is 5.19. The molecule has 4 aromatic rings. The van der Waals surface area contributed by atoms with Gasteiger partial charge in [0, 0.05) is 28.4 Å². The Kier molecular flexibility index (Phi) is 6.54. The first-order valence-corrected chi connectivity index (χ1v) is 10.9. The zero-order valence-corrected chi connectivity index (χ0v) is 19.4. The maximum absolute atomic E-state index is 5.29. The van der Waals surface area contributed by atoms with Crippen molar-refractivity contribution in [2.75, 3.05) is 12.9 Å². The number of benzene rings is 3. The number of aromatic nitrogens is 1. The van der Waals surface area contributed by atoms with Gasteiger partial charge in [0.2, 0.25) is 5.69 Å². The molecule has 31 heavy (non-hydrogen) atoms. The minimum atomic E-state index is 0. The van der Waals surface area contributed by atoms with E-state index in [4.69, 9.17) is 9.84 Å². The average Bonchev–Trinajstić information content (AvgIpc) is 2.84. The van der Waals surface area contributed by atoms with E-state index < -0.39 is 0 Å². The summed E-state index contributed by atoms with van der Waals surface area (Å²) >= 11 is 1.82. The molecule has 2 heterocycles. The van der Waals surface area contributed by atoms with E-state index in [1.54, 1.807) is 7.11 Å². The summed E-state index contributed by atoms with van der Waals surface area (Å²) in [5, 5.41) is 6.20. The first kappa shape index (κ1) is 21.3. The van der Waals surface area contributed by atoms with Crippen LogP contribution in [0.25, 0.3) is 22.4 Å². The Bertz CT molecular complexity index is 1210. The first-order valence-electron chi connectivity index (χ1n) is 9.88. The van der Waals surface area contributed by atoms with Gasteiger partial charge in [-0.1, -0.05) is 48.5 Å². The molecular weight excluding hydrogens is 468 g/mol. The van der Waals surface area contributed by atoms with Crippen LogP contribution in [0.2, 0.25) is 0 Å². The van der Waals surface area contributed by atoms with Crippen molar-refractivity contribution in [2.45, 2.75) is 5.03 Å². The van der Waals surface area contributed by atoms with Gasteiger partial charge in [0.1, 0.15) is 11.5 Å². The Hall–Kier alpha value is -2.89. The minimum absolute atomic E-state index is 0. The quantitative estimate of drug-likeness (QED) is 0.412. The van der Waals surface area contributed by atoms with E-state index in [2.05, 4.69) is 83.5 Å². The van der Waals surface area contributed by atoms with Gasteiger partial charge in [-0.15, -0.1) is 0 Å². The second-order valence-electron chi connectivity index (χ2n) is 7.08. The van der Waals surface area contributed by atoms with Crippen LogP contribution in [0.15, 0.2) is 107 Å². The Morgan fingerprint density at radius 2 is 1.39 bits per heavy atom. The number of ether oxygens (including phenoxy) is 1. The van der Waals surface area contributed by atoms with E-state index in [9.17, 15) is 0 Å². The summed E-state index contributed by atoms with van der Waals surface area (Å²) in [5.41, 5.74) is 6.83. The Morgan fingerprint density at radius 1 is 0.742 bits per heavy atom. The topological polar surface area (TPSA) is 25.5 Å². The molecule has 0 unspecified atom stereocenters. The van der Waals surface area contributed by atoms with Crippen LogP contribution in [0.5, 0.6) is 5.75 Å². The van der Waals surface area contributed by atoms with Gasteiger partial charge in [-0.05, 0) is 64.0 Å². The lowest BCUT2D eigenvalue weighted by Gasteiger charge is -2.13. The maximum Gasteiger partial charge on any atom is 0.273 e. The highest BCUT2D eigenvalue weighted by Gasteiger charge is 2.27. The molecule has 3 nitrogen and oxygen atoms in total. The van der Waals surface area contributed by atoms with Gasteiger partial charge in [0.25, 0.3) is 5.03 Å². The summed E-state index contributed by atoms with van der Waals surface area (Å²) in [5.74, 6) is 1.69. The number of pyridine rings is 1. The van der Waals surface area contributed by atoms with Crippen LogP contribution >= 0.6 is 11.8 Å². The molecule has 0 saturated carbocycles. The molecular formula is C26H21BrN2OS. The molecule has 5 rings (SSSR count). The third-order valence-corrected chi connectivity index (χ3v) is 6.19. The van der Waals surface area contributed by atoms with Crippen LogP contribution < -0.4 is 26.4 Å². The predicted octanol–water partition coefficient (Wildman–Crippen LogP) is 2.68. The van der Waals surface area contributed by atoms with E-state index in [-0.39, 0.29) is 17.0 Å². The van der Waals surface area contributed by atoms with Crippen molar-refractivity contribution in [2.24, 2.45) is 5.10 Å². The normalized spacial score (nSPS) is 12.4. The minimum Gasteiger partial charge on any atom is -1.00 e. The Balaban J connectivity index is 0.00000231. The van der Waals surface area contributed by atoms with Gasteiger partial charge >= 0.3 is 0 Å². The lowest BCUT2D eigenvalue weighted by Crippen LogP contribution is -3.00. The molecule has 5 heteroatoms. The van der Waals surface area contributed by atoms with E-state index in [0.717, 1.165) is 39.1 Å².